The molecule has 0 unspecified atom stereocenters. The van der Waals surface area contributed by atoms with E-state index >= 15 is 0 Å². The van der Waals surface area contributed by atoms with Crippen LogP contribution in [0.4, 0.5) is 5.82 Å². The summed E-state index contributed by atoms with van der Waals surface area (Å²) >= 11 is 3.54. The van der Waals surface area contributed by atoms with Crippen LogP contribution in [0.15, 0.2) is 65.3 Å². The fraction of sp³-hybridized carbons (Fsp3) is 0.158. The Morgan fingerprint density at radius 2 is 1.88 bits per heavy atom. The van der Waals surface area contributed by atoms with E-state index in [9.17, 15) is 4.79 Å². The summed E-state index contributed by atoms with van der Waals surface area (Å²) in [4.78, 5) is 12.4. The molecule has 2 aromatic carbocycles. The highest BCUT2D eigenvalue weighted by Gasteiger charge is 2.10. The summed E-state index contributed by atoms with van der Waals surface area (Å²) in [7, 11) is 0. The highest BCUT2D eigenvalue weighted by atomic mass is 79.9. The average Bonchev–Trinajstić information content (AvgIpc) is 3.04. The van der Waals surface area contributed by atoms with Crippen molar-refractivity contribution in [2.45, 2.75) is 19.9 Å². The van der Waals surface area contributed by atoms with Crippen LogP contribution < -0.4 is 5.32 Å². The first kappa shape index (κ1) is 16.5. The fourth-order valence-corrected chi connectivity index (χ4v) is 2.84. The molecule has 5 heteroatoms. The van der Waals surface area contributed by atoms with Crippen LogP contribution in [-0.2, 0) is 13.0 Å². The van der Waals surface area contributed by atoms with Gasteiger partial charge in [-0.1, -0.05) is 53.2 Å². The number of aromatic nitrogens is 2. The van der Waals surface area contributed by atoms with Crippen molar-refractivity contribution in [2.75, 3.05) is 5.32 Å². The molecular weight excluding hydrogens is 366 g/mol. The summed E-state index contributed by atoms with van der Waals surface area (Å²) in [6, 6.07) is 17.4. The van der Waals surface area contributed by atoms with Gasteiger partial charge in [-0.3, -0.25) is 4.79 Å². The van der Waals surface area contributed by atoms with Crippen LogP contribution in [0.2, 0.25) is 0 Å². The SMILES string of the molecule is CCc1ccc(C(=O)Nc2ccnn2Cc2ccccc2Br)cc1. The zero-order valence-corrected chi connectivity index (χ0v) is 15.0. The first-order valence-corrected chi connectivity index (χ1v) is 8.62. The van der Waals surface area contributed by atoms with Crippen molar-refractivity contribution in [2.24, 2.45) is 0 Å². The van der Waals surface area contributed by atoms with Crippen LogP contribution in [0.25, 0.3) is 0 Å². The molecule has 24 heavy (non-hydrogen) atoms. The van der Waals surface area contributed by atoms with Gasteiger partial charge in [-0.2, -0.15) is 5.10 Å². The molecule has 0 atom stereocenters. The van der Waals surface area contributed by atoms with Crippen LogP contribution in [0.1, 0.15) is 28.4 Å². The predicted molar refractivity (Wildman–Crippen MR) is 99.2 cm³/mol. The van der Waals surface area contributed by atoms with E-state index in [1.54, 1.807) is 16.9 Å². The van der Waals surface area contributed by atoms with Gasteiger partial charge in [0.05, 0.1) is 12.7 Å². The van der Waals surface area contributed by atoms with E-state index in [1.807, 2.05) is 48.5 Å². The predicted octanol–water partition coefficient (Wildman–Crippen LogP) is 4.51. The molecule has 0 saturated heterocycles. The van der Waals surface area contributed by atoms with Crippen LogP contribution in [0.5, 0.6) is 0 Å². The van der Waals surface area contributed by atoms with Crippen LogP contribution in [0, 0.1) is 0 Å². The van der Waals surface area contributed by atoms with Gasteiger partial charge in [-0.15, -0.1) is 0 Å². The summed E-state index contributed by atoms with van der Waals surface area (Å²) in [5.41, 5.74) is 2.95. The normalized spacial score (nSPS) is 10.6. The minimum Gasteiger partial charge on any atom is -0.307 e. The third-order valence-corrected chi connectivity index (χ3v) is 4.63. The minimum absolute atomic E-state index is 0.133. The molecule has 1 aromatic heterocycles. The third-order valence-electron chi connectivity index (χ3n) is 3.86. The van der Waals surface area contributed by atoms with Gasteiger partial charge in [0.2, 0.25) is 0 Å². The quantitative estimate of drug-likeness (QED) is 0.704. The molecule has 0 aliphatic carbocycles. The highest BCUT2D eigenvalue weighted by molar-refractivity contribution is 9.10. The summed E-state index contributed by atoms with van der Waals surface area (Å²) in [5, 5.41) is 7.24. The average molecular weight is 384 g/mol. The Morgan fingerprint density at radius 3 is 2.58 bits per heavy atom. The Morgan fingerprint density at radius 1 is 1.12 bits per heavy atom. The second-order valence-corrected chi connectivity index (χ2v) is 6.32. The van der Waals surface area contributed by atoms with Gasteiger partial charge in [0.25, 0.3) is 5.91 Å². The standard InChI is InChI=1S/C19H18BrN3O/c1-2-14-7-9-15(10-8-14)19(24)22-18-11-12-21-23(18)13-16-5-3-4-6-17(16)20/h3-12H,2,13H2,1H3,(H,22,24). The van der Waals surface area contributed by atoms with Crippen molar-refractivity contribution >= 4 is 27.7 Å². The smallest absolute Gasteiger partial charge is 0.256 e. The number of rotatable bonds is 5. The fourth-order valence-electron chi connectivity index (χ4n) is 2.43. The van der Waals surface area contributed by atoms with Crippen molar-refractivity contribution in [3.63, 3.8) is 0 Å². The lowest BCUT2D eigenvalue weighted by molar-refractivity contribution is 0.102. The van der Waals surface area contributed by atoms with Gasteiger partial charge >= 0.3 is 0 Å². The van der Waals surface area contributed by atoms with Gasteiger partial charge < -0.3 is 5.32 Å². The molecule has 0 radical (unpaired) electrons. The number of benzene rings is 2. The van der Waals surface area contributed by atoms with Crippen molar-refractivity contribution in [1.29, 1.82) is 0 Å². The Bertz CT molecular complexity index is 840. The van der Waals surface area contributed by atoms with E-state index in [0.29, 0.717) is 17.9 Å². The lowest BCUT2D eigenvalue weighted by Gasteiger charge is -2.10. The number of carbonyl (C=O) groups excluding carboxylic acids is 1. The number of amides is 1. The molecule has 1 amide bonds. The third kappa shape index (κ3) is 3.74. The van der Waals surface area contributed by atoms with Crippen molar-refractivity contribution in [3.8, 4) is 0 Å². The van der Waals surface area contributed by atoms with E-state index in [-0.39, 0.29) is 5.91 Å². The van der Waals surface area contributed by atoms with Crippen LogP contribution in [-0.4, -0.2) is 15.7 Å². The maximum absolute atomic E-state index is 12.4. The number of carbonyl (C=O) groups is 1. The Balaban J connectivity index is 1.75. The van der Waals surface area contributed by atoms with Gasteiger partial charge in [-0.05, 0) is 35.7 Å². The van der Waals surface area contributed by atoms with Crippen LogP contribution in [0.3, 0.4) is 0 Å². The maximum Gasteiger partial charge on any atom is 0.256 e. The molecule has 0 aliphatic rings. The molecule has 122 valence electrons. The maximum atomic E-state index is 12.4. The van der Waals surface area contributed by atoms with Crippen molar-refractivity contribution in [3.05, 3.63) is 82.0 Å². The molecule has 0 bridgehead atoms. The van der Waals surface area contributed by atoms with E-state index in [1.165, 1.54) is 5.56 Å². The molecule has 4 nitrogen and oxygen atoms in total. The molecular formula is C19H18BrN3O. The molecule has 1 heterocycles. The molecule has 1 N–H and O–H groups in total. The lowest BCUT2D eigenvalue weighted by Crippen LogP contribution is -2.16. The first-order chi connectivity index (χ1) is 11.7. The molecule has 0 saturated carbocycles. The van der Waals surface area contributed by atoms with Gasteiger partial charge in [0.1, 0.15) is 5.82 Å². The monoisotopic (exact) mass is 383 g/mol. The number of anilines is 1. The van der Waals surface area contributed by atoms with Gasteiger partial charge in [0.15, 0.2) is 0 Å². The van der Waals surface area contributed by atoms with E-state index < -0.39 is 0 Å². The largest absolute Gasteiger partial charge is 0.307 e. The molecule has 3 aromatic rings. The number of aryl methyl sites for hydroxylation is 1. The van der Waals surface area contributed by atoms with E-state index in [2.05, 4.69) is 33.3 Å². The first-order valence-electron chi connectivity index (χ1n) is 7.83. The molecule has 3 rings (SSSR count). The number of hydrogen-bond acceptors (Lipinski definition) is 2. The summed E-state index contributed by atoms with van der Waals surface area (Å²) in [6.45, 7) is 2.67. The Labute approximate surface area is 149 Å². The molecule has 0 spiro atoms. The molecule has 0 fully saturated rings. The number of halogens is 1. The highest BCUT2D eigenvalue weighted by Crippen LogP contribution is 2.19. The van der Waals surface area contributed by atoms with Crippen LogP contribution >= 0.6 is 15.9 Å². The zero-order valence-electron chi connectivity index (χ0n) is 13.4. The van der Waals surface area contributed by atoms with Gasteiger partial charge in [-0.25, -0.2) is 4.68 Å². The second kappa shape index (κ2) is 7.45. The lowest BCUT2D eigenvalue weighted by atomic mass is 10.1. The second-order valence-electron chi connectivity index (χ2n) is 5.47. The summed E-state index contributed by atoms with van der Waals surface area (Å²) in [6.07, 6.45) is 2.65. The summed E-state index contributed by atoms with van der Waals surface area (Å²) < 4.78 is 2.80. The summed E-state index contributed by atoms with van der Waals surface area (Å²) in [5.74, 6) is 0.543. The topological polar surface area (TPSA) is 46.9 Å². The number of hydrogen-bond donors (Lipinski definition) is 1. The van der Waals surface area contributed by atoms with Gasteiger partial charge in [0, 0.05) is 16.1 Å². The zero-order chi connectivity index (χ0) is 16.9. The van der Waals surface area contributed by atoms with Crippen molar-refractivity contribution in [1.82, 2.24) is 9.78 Å². The van der Waals surface area contributed by atoms with E-state index in [4.69, 9.17) is 0 Å². The van der Waals surface area contributed by atoms with E-state index in [0.717, 1.165) is 16.5 Å². The Hall–Kier alpha value is -2.40. The Kier molecular flexibility index (Phi) is 5.11. The molecule has 0 aliphatic heterocycles. The number of nitrogens with zero attached hydrogens (tertiary/aromatic N) is 2. The number of nitrogens with one attached hydrogen (secondary N) is 1. The van der Waals surface area contributed by atoms with Crippen molar-refractivity contribution < 1.29 is 4.79 Å². The minimum atomic E-state index is -0.133.